The molecule has 0 saturated carbocycles. The summed E-state index contributed by atoms with van der Waals surface area (Å²) in [5, 5.41) is 6.59. The minimum Gasteiger partial charge on any atom is -0.308 e. The molecule has 0 spiro atoms. The predicted molar refractivity (Wildman–Crippen MR) is 84.9 cm³/mol. The molecule has 2 heterocycles. The van der Waals surface area contributed by atoms with Crippen LogP contribution < -0.4 is 0 Å². The van der Waals surface area contributed by atoms with Crippen LogP contribution in [0.2, 0.25) is 0 Å². The number of hydrogen-bond donors (Lipinski definition) is 0. The molecule has 4 nitrogen and oxygen atoms in total. The molecule has 0 aliphatic rings. The molecular formula is C15H24N4S. The van der Waals surface area contributed by atoms with Crippen LogP contribution in [-0.2, 0) is 20.1 Å². The van der Waals surface area contributed by atoms with Gasteiger partial charge >= 0.3 is 0 Å². The van der Waals surface area contributed by atoms with Gasteiger partial charge in [0.2, 0.25) is 0 Å². The first-order chi connectivity index (χ1) is 9.54. The van der Waals surface area contributed by atoms with Gasteiger partial charge < -0.3 is 4.90 Å². The lowest BCUT2D eigenvalue weighted by atomic mass is 10.2. The van der Waals surface area contributed by atoms with E-state index in [-0.39, 0.29) is 0 Å². The van der Waals surface area contributed by atoms with Crippen molar-refractivity contribution in [1.82, 2.24) is 19.6 Å². The highest BCUT2D eigenvalue weighted by atomic mass is 32.1. The van der Waals surface area contributed by atoms with Gasteiger partial charge in [-0.2, -0.15) is 5.10 Å². The van der Waals surface area contributed by atoms with Crippen LogP contribution >= 0.6 is 11.3 Å². The molecule has 20 heavy (non-hydrogen) atoms. The zero-order chi connectivity index (χ0) is 14.5. The van der Waals surface area contributed by atoms with Crippen molar-refractivity contribution in [2.75, 3.05) is 27.2 Å². The van der Waals surface area contributed by atoms with Gasteiger partial charge in [-0.25, -0.2) is 0 Å². The predicted octanol–water partition coefficient (Wildman–Crippen LogP) is 2.35. The highest BCUT2D eigenvalue weighted by Gasteiger charge is 2.11. The molecule has 5 heteroatoms. The zero-order valence-electron chi connectivity index (χ0n) is 12.8. The summed E-state index contributed by atoms with van der Waals surface area (Å²) in [6.45, 7) is 6.21. The van der Waals surface area contributed by atoms with Gasteiger partial charge in [-0.15, -0.1) is 11.3 Å². The average Bonchev–Trinajstić information content (AvgIpc) is 2.97. The summed E-state index contributed by atoms with van der Waals surface area (Å²) >= 11 is 1.83. The molecule has 0 amide bonds. The van der Waals surface area contributed by atoms with Gasteiger partial charge in [0.25, 0.3) is 0 Å². The second-order valence-electron chi connectivity index (χ2n) is 5.51. The van der Waals surface area contributed by atoms with Crippen molar-refractivity contribution in [1.29, 1.82) is 0 Å². The van der Waals surface area contributed by atoms with E-state index in [0.29, 0.717) is 0 Å². The van der Waals surface area contributed by atoms with E-state index < -0.39 is 0 Å². The number of likely N-dealkylation sites (N-methyl/N-ethyl adjacent to an activating group) is 1. The van der Waals surface area contributed by atoms with Crippen molar-refractivity contribution < 1.29 is 0 Å². The minimum absolute atomic E-state index is 0.964. The first kappa shape index (κ1) is 15.2. The third kappa shape index (κ3) is 4.44. The largest absolute Gasteiger partial charge is 0.308 e. The minimum atomic E-state index is 0.964. The highest BCUT2D eigenvalue weighted by molar-refractivity contribution is 7.09. The van der Waals surface area contributed by atoms with Crippen LogP contribution in [0.3, 0.4) is 0 Å². The summed E-state index contributed by atoms with van der Waals surface area (Å²) in [4.78, 5) is 6.15. The molecule has 0 saturated heterocycles. The smallest absolute Gasteiger partial charge is 0.0638 e. The molecule has 0 atom stereocenters. The molecule has 0 aliphatic carbocycles. The molecule has 0 fully saturated rings. The van der Waals surface area contributed by atoms with Gasteiger partial charge in [0.05, 0.1) is 5.69 Å². The fourth-order valence-corrected chi connectivity index (χ4v) is 2.97. The number of nitrogens with zero attached hydrogens (tertiary/aromatic N) is 4. The number of thiophene rings is 1. The topological polar surface area (TPSA) is 24.3 Å². The van der Waals surface area contributed by atoms with Crippen LogP contribution in [0.4, 0.5) is 0 Å². The summed E-state index contributed by atoms with van der Waals surface area (Å²) in [5.41, 5.74) is 2.45. The van der Waals surface area contributed by atoms with E-state index >= 15 is 0 Å². The van der Waals surface area contributed by atoms with Crippen molar-refractivity contribution in [3.63, 3.8) is 0 Å². The van der Waals surface area contributed by atoms with E-state index in [1.165, 1.54) is 10.4 Å². The van der Waals surface area contributed by atoms with E-state index in [1.54, 1.807) is 0 Å². The first-order valence-corrected chi connectivity index (χ1v) is 7.81. The molecule has 0 bridgehead atoms. The molecule has 2 rings (SSSR count). The summed E-state index contributed by atoms with van der Waals surface area (Å²) < 4.78 is 1.90. The number of rotatable bonds is 7. The maximum Gasteiger partial charge on any atom is 0.0638 e. The van der Waals surface area contributed by atoms with Crippen LogP contribution in [0.15, 0.2) is 23.7 Å². The normalized spacial score (nSPS) is 11.7. The Morgan fingerprint density at radius 2 is 2.05 bits per heavy atom. The van der Waals surface area contributed by atoms with Crippen molar-refractivity contribution in [2.45, 2.75) is 20.0 Å². The van der Waals surface area contributed by atoms with Crippen molar-refractivity contribution in [2.24, 2.45) is 7.05 Å². The van der Waals surface area contributed by atoms with E-state index in [2.05, 4.69) is 59.6 Å². The molecule has 0 aromatic carbocycles. The Hall–Kier alpha value is -1.17. The highest BCUT2D eigenvalue weighted by Crippen LogP contribution is 2.15. The maximum atomic E-state index is 4.44. The van der Waals surface area contributed by atoms with Gasteiger partial charge in [0, 0.05) is 49.9 Å². The molecule has 2 aromatic heterocycles. The van der Waals surface area contributed by atoms with Gasteiger partial charge in [-0.1, -0.05) is 6.07 Å². The monoisotopic (exact) mass is 292 g/mol. The van der Waals surface area contributed by atoms with Gasteiger partial charge in [-0.05, 0) is 32.5 Å². The lowest BCUT2D eigenvalue weighted by Gasteiger charge is -2.23. The molecular weight excluding hydrogens is 268 g/mol. The van der Waals surface area contributed by atoms with Crippen molar-refractivity contribution in [3.05, 3.63) is 39.8 Å². The molecule has 0 unspecified atom stereocenters. The average molecular weight is 292 g/mol. The fraction of sp³-hybridized carbons (Fsp3) is 0.533. The zero-order valence-corrected chi connectivity index (χ0v) is 13.7. The van der Waals surface area contributed by atoms with Crippen LogP contribution in [-0.4, -0.2) is 46.8 Å². The SMILES string of the molecule is Cc1nn(C)cc1CN(CCN(C)C)Cc1cccs1. The van der Waals surface area contributed by atoms with E-state index in [9.17, 15) is 0 Å². The number of hydrogen-bond acceptors (Lipinski definition) is 4. The molecule has 0 radical (unpaired) electrons. The summed E-state index contributed by atoms with van der Waals surface area (Å²) in [6.07, 6.45) is 2.13. The van der Waals surface area contributed by atoms with Crippen molar-refractivity contribution in [3.8, 4) is 0 Å². The number of aromatic nitrogens is 2. The summed E-state index contributed by atoms with van der Waals surface area (Å²) in [6, 6.07) is 4.34. The Balaban J connectivity index is 2.03. The van der Waals surface area contributed by atoms with Gasteiger partial charge in [0.1, 0.15) is 0 Å². The fourth-order valence-electron chi connectivity index (χ4n) is 2.22. The molecule has 2 aromatic rings. The Labute approximate surface area is 125 Å². The van der Waals surface area contributed by atoms with Crippen LogP contribution in [0.5, 0.6) is 0 Å². The molecule has 0 aliphatic heterocycles. The standard InChI is InChI=1S/C15H24N4S/c1-13-14(10-18(4)16-13)11-19(8-7-17(2)3)12-15-6-5-9-20-15/h5-6,9-10H,7-8,11-12H2,1-4H3. The lowest BCUT2D eigenvalue weighted by molar-refractivity contribution is 0.227. The quantitative estimate of drug-likeness (QED) is 0.783. The van der Waals surface area contributed by atoms with Gasteiger partial charge in [0.15, 0.2) is 0 Å². The first-order valence-electron chi connectivity index (χ1n) is 6.93. The summed E-state index contributed by atoms with van der Waals surface area (Å²) in [5.74, 6) is 0. The van der Waals surface area contributed by atoms with E-state index in [4.69, 9.17) is 0 Å². The van der Waals surface area contributed by atoms with E-state index in [0.717, 1.165) is 31.9 Å². The van der Waals surface area contributed by atoms with Crippen LogP contribution in [0.1, 0.15) is 16.1 Å². The second kappa shape index (κ2) is 7.02. The Morgan fingerprint density at radius 1 is 1.25 bits per heavy atom. The van der Waals surface area contributed by atoms with Crippen molar-refractivity contribution >= 4 is 11.3 Å². The number of aryl methyl sites for hydroxylation is 2. The van der Waals surface area contributed by atoms with Crippen LogP contribution in [0, 0.1) is 6.92 Å². The van der Waals surface area contributed by atoms with Gasteiger partial charge in [-0.3, -0.25) is 9.58 Å². The summed E-state index contributed by atoms with van der Waals surface area (Å²) in [7, 11) is 6.23. The molecule has 110 valence electrons. The third-order valence-electron chi connectivity index (χ3n) is 3.33. The van der Waals surface area contributed by atoms with Crippen LogP contribution in [0.25, 0.3) is 0 Å². The Kier molecular flexibility index (Phi) is 5.34. The van der Waals surface area contributed by atoms with E-state index in [1.807, 2.05) is 23.1 Å². The second-order valence-corrected chi connectivity index (χ2v) is 6.54. The Morgan fingerprint density at radius 3 is 2.60 bits per heavy atom. The Bertz CT molecular complexity index is 516. The maximum absolute atomic E-state index is 4.44. The lowest BCUT2D eigenvalue weighted by Crippen LogP contribution is -2.31. The molecule has 0 N–H and O–H groups in total. The third-order valence-corrected chi connectivity index (χ3v) is 4.19.